The average Bonchev–Trinajstić information content (AvgIpc) is 2.63. The second kappa shape index (κ2) is 7.80. The van der Waals surface area contributed by atoms with E-state index in [0.29, 0.717) is 0 Å². The molecule has 7 nitrogen and oxygen atoms in total. The molecule has 0 atom stereocenters. The number of hydrogen-bond acceptors (Lipinski definition) is 6. The van der Waals surface area contributed by atoms with Gasteiger partial charge < -0.3 is 10.1 Å². The maximum Gasteiger partial charge on any atom is 0.416 e. The maximum absolute atomic E-state index is 12.9. The predicted octanol–water partition coefficient (Wildman–Crippen LogP) is 5.70. The molecule has 0 amide bonds. The Morgan fingerprint density at radius 1 is 1.11 bits per heavy atom. The Kier molecular flexibility index (Phi) is 5.45. The van der Waals surface area contributed by atoms with Crippen LogP contribution >= 0.6 is 15.9 Å². The van der Waals surface area contributed by atoms with E-state index in [1.165, 1.54) is 12.1 Å². The van der Waals surface area contributed by atoms with Crippen LogP contribution in [0.1, 0.15) is 5.56 Å². The molecule has 0 unspecified atom stereocenters. The summed E-state index contributed by atoms with van der Waals surface area (Å²) in [7, 11) is 0. The van der Waals surface area contributed by atoms with Gasteiger partial charge in [-0.15, -0.1) is 0 Å². The molecule has 28 heavy (non-hydrogen) atoms. The molecule has 2 aromatic carbocycles. The summed E-state index contributed by atoms with van der Waals surface area (Å²) >= 11 is 3.26. The minimum atomic E-state index is -4.55. The van der Waals surface area contributed by atoms with Crippen molar-refractivity contribution in [3.63, 3.8) is 0 Å². The van der Waals surface area contributed by atoms with Crippen molar-refractivity contribution in [2.24, 2.45) is 0 Å². The van der Waals surface area contributed by atoms with Crippen LogP contribution in [-0.2, 0) is 6.18 Å². The van der Waals surface area contributed by atoms with Gasteiger partial charge in [0, 0.05) is 10.2 Å². The van der Waals surface area contributed by atoms with Crippen LogP contribution in [0.25, 0.3) is 0 Å². The van der Waals surface area contributed by atoms with E-state index in [1.54, 1.807) is 24.3 Å². The van der Waals surface area contributed by atoms with Crippen LogP contribution < -0.4 is 10.1 Å². The fourth-order valence-electron chi connectivity index (χ4n) is 2.22. The SMILES string of the molecule is O=[N+]([O-])c1c(Nc2cccc(C(F)(F)F)c2)ncnc1Oc1ccc(Br)cc1. The van der Waals surface area contributed by atoms with Crippen LogP contribution in [0.15, 0.2) is 59.3 Å². The van der Waals surface area contributed by atoms with Gasteiger partial charge in [-0.3, -0.25) is 10.1 Å². The number of halogens is 4. The fourth-order valence-corrected chi connectivity index (χ4v) is 2.48. The van der Waals surface area contributed by atoms with Crippen LogP contribution in [-0.4, -0.2) is 14.9 Å². The smallest absolute Gasteiger partial charge is 0.416 e. The van der Waals surface area contributed by atoms with Gasteiger partial charge in [0.1, 0.15) is 12.1 Å². The van der Waals surface area contributed by atoms with Gasteiger partial charge in [0.05, 0.1) is 10.5 Å². The van der Waals surface area contributed by atoms with Gasteiger partial charge in [0.25, 0.3) is 0 Å². The summed E-state index contributed by atoms with van der Waals surface area (Å²) in [5.41, 5.74) is -1.53. The number of hydrogen-bond donors (Lipinski definition) is 1. The number of anilines is 2. The minimum absolute atomic E-state index is 0.0220. The molecule has 0 aliphatic rings. The lowest BCUT2D eigenvalue weighted by Crippen LogP contribution is -2.06. The van der Waals surface area contributed by atoms with E-state index in [4.69, 9.17) is 4.74 Å². The third-order valence-electron chi connectivity index (χ3n) is 3.45. The zero-order valence-corrected chi connectivity index (χ0v) is 15.4. The van der Waals surface area contributed by atoms with Crippen LogP contribution in [0.5, 0.6) is 11.6 Å². The zero-order chi connectivity index (χ0) is 20.3. The second-order valence-electron chi connectivity index (χ2n) is 5.39. The Labute approximate surface area is 164 Å². The van der Waals surface area contributed by atoms with E-state index >= 15 is 0 Å². The third kappa shape index (κ3) is 4.55. The van der Waals surface area contributed by atoms with Crippen LogP contribution in [0, 0.1) is 10.1 Å². The first-order chi connectivity index (χ1) is 13.2. The van der Waals surface area contributed by atoms with E-state index in [2.05, 4.69) is 31.2 Å². The normalized spacial score (nSPS) is 11.1. The van der Waals surface area contributed by atoms with E-state index in [9.17, 15) is 23.3 Å². The summed E-state index contributed by atoms with van der Waals surface area (Å²) in [6.07, 6.45) is -3.54. The molecule has 1 heterocycles. The van der Waals surface area contributed by atoms with Gasteiger partial charge in [0.15, 0.2) is 0 Å². The van der Waals surface area contributed by atoms with Crippen LogP contribution in [0.4, 0.5) is 30.4 Å². The van der Waals surface area contributed by atoms with Crippen LogP contribution in [0.3, 0.4) is 0 Å². The topological polar surface area (TPSA) is 90.2 Å². The highest BCUT2D eigenvalue weighted by atomic mass is 79.9. The number of aromatic nitrogens is 2. The Balaban J connectivity index is 1.96. The van der Waals surface area contributed by atoms with Crippen molar-refractivity contribution in [1.82, 2.24) is 9.97 Å². The lowest BCUT2D eigenvalue weighted by atomic mass is 10.2. The molecular formula is C17H10BrF3N4O3. The van der Waals surface area contributed by atoms with Crippen molar-refractivity contribution in [1.29, 1.82) is 0 Å². The summed E-state index contributed by atoms with van der Waals surface area (Å²) in [6.45, 7) is 0. The van der Waals surface area contributed by atoms with Crippen molar-refractivity contribution in [2.75, 3.05) is 5.32 Å². The monoisotopic (exact) mass is 454 g/mol. The van der Waals surface area contributed by atoms with Crippen molar-refractivity contribution >= 4 is 33.1 Å². The number of nitro groups is 1. The molecule has 3 aromatic rings. The van der Waals surface area contributed by atoms with E-state index < -0.39 is 22.4 Å². The van der Waals surface area contributed by atoms with E-state index in [-0.39, 0.29) is 23.1 Å². The highest BCUT2D eigenvalue weighted by Gasteiger charge is 2.31. The number of ether oxygens (including phenoxy) is 1. The number of benzene rings is 2. The first kappa shape index (κ1) is 19.5. The van der Waals surface area contributed by atoms with Crippen LogP contribution in [0.2, 0.25) is 0 Å². The summed E-state index contributed by atoms with van der Waals surface area (Å²) in [4.78, 5) is 18.3. The van der Waals surface area contributed by atoms with E-state index in [0.717, 1.165) is 22.9 Å². The van der Waals surface area contributed by atoms with Gasteiger partial charge in [-0.25, -0.2) is 4.98 Å². The average molecular weight is 455 g/mol. The molecule has 3 rings (SSSR count). The molecule has 1 aromatic heterocycles. The van der Waals surface area contributed by atoms with Crippen molar-refractivity contribution in [3.05, 3.63) is 75.0 Å². The Hall–Kier alpha value is -3.21. The lowest BCUT2D eigenvalue weighted by molar-refractivity contribution is -0.385. The second-order valence-corrected chi connectivity index (χ2v) is 6.31. The molecule has 0 aliphatic carbocycles. The number of nitrogens with zero attached hydrogens (tertiary/aromatic N) is 3. The first-order valence-corrected chi connectivity index (χ1v) is 8.40. The molecular weight excluding hydrogens is 445 g/mol. The molecule has 0 spiro atoms. The molecule has 0 bridgehead atoms. The van der Waals surface area contributed by atoms with Crippen molar-refractivity contribution in [2.45, 2.75) is 6.18 Å². The van der Waals surface area contributed by atoms with Crippen molar-refractivity contribution < 1.29 is 22.8 Å². The molecule has 0 fully saturated rings. The van der Waals surface area contributed by atoms with Gasteiger partial charge >= 0.3 is 17.7 Å². The molecule has 0 saturated heterocycles. The summed E-state index contributed by atoms with van der Waals surface area (Å²) < 4.78 is 44.8. The molecule has 0 radical (unpaired) electrons. The highest BCUT2D eigenvalue weighted by molar-refractivity contribution is 9.10. The zero-order valence-electron chi connectivity index (χ0n) is 13.8. The van der Waals surface area contributed by atoms with Gasteiger partial charge in [0.2, 0.25) is 5.82 Å². The molecule has 144 valence electrons. The maximum atomic E-state index is 12.9. The number of rotatable bonds is 5. The Bertz CT molecular complexity index is 1010. The van der Waals surface area contributed by atoms with Gasteiger partial charge in [-0.1, -0.05) is 22.0 Å². The summed E-state index contributed by atoms with van der Waals surface area (Å²) in [5, 5.41) is 14.0. The van der Waals surface area contributed by atoms with E-state index in [1.807, 2.05) is 0 Å². The Morgan fingerprint density at radius 3 is 2.46 bits per heavy atom. The summed E-state index contributed by atoms with van der Waals surface area (Å²) in [5.74, 6) is -0.363. The lowest BCUT2D eigenvalue weighted by Gasteiger charge is -2.11. The van der Waals surface area contributed by atoms with Crippen molar-refractivity contribution in [3.8, 4) is 11.6 Å². The largest absolute Gasteiger partial charge is 0.434 e. The molecule has 0 aliphatic heterocycles. The standard InChI is InChI=1S/C17H10BrF3N4O3/c18-11-4-6-13(7-5-11)28-16-14(25(26)27)15(22-9-23-16)24-12-3-1-2-10(8-12)17(19,20)21/h1-9H,(H,22,23,24). The molecule has 1 N–H and O–H groups in total. The number of nitrogens with one attached hydrogen (secondary N) is 1. The fraction of sp³-hybridized carbons (Fsp3) is 0.0588. The summed E-state index contributed by atoms with van der Waals surface area (Å²) in [6, 6.07) is 10.7. The molecule has 11 heteroatoms. The molecule has 0 saturated carbocycles. The Morgan fingerprint density at radius 2 is 1.82 bits per heavy atom. The predicted molar refractivity (Wildman–Crippen MR) is 97.6 cm³/mol. The van der Waals surface area contributed by atoms with Gasteiger partial charge in [-0.2, -0.15) is 18.2 Å². The third-order valence-corrected chi connectivity index (χ3v) is 3.98. The first-order valence-electron chi connectivity index (χ1n) is 7.61. The highest BCUT2D eigenvalue weighted by Crippen LogP contribution is 2.37. The minimum Gasteiger partial charge on any atom is -0.434 e. The quantitative estimate of drug-likeness (QED) is 0.392. The van der Waals surface area contributed by atoms with Gasteiger partial charge in [-0.05, 0) is 42.5 Å². The number of alkyl halides is 3.